The first-order valence-electron chi connectivity index (χ1n) is 10.7. The van der Waals surface area contributed by atoms with Gasteiger partial charge in [0, 0.05) is 25.2 Å². The highest BCUT2D eigenvalue weighted by Crippen LogP contribution is 2.22. The van der Waals surface area contributed by atoms with Crippen LogP contribution in [0.3, 0.4) is 0 Å². The number of amides is 2. The minimum atomic E-state index is -3.71. The van der Waals surface area contributed by atoms with Crippen molar-refractivity contribution in [3.63, 3.8) is 0 Å². The third-order valence-corrected chi connectivity index (χ3v) is 7.61. The Labute approximate surface area is 178 Å². The molecule has 8 nitrogen and oxygen atoms in total. The van der Waals surface area contributed by atoms with Gasteiger partial charge in [0.1, 0.15) is 0 Å². The van der Waals surface area contributed by atoms with Crippen molar-refractivity contribution >= 4 is 22.0 Å². The van der Waals surface area contributed by atoms with Gasteiger partial charge < -0.3 is 15.4 Å². The van der Waals surface area contributed by atoms with Crippen LogP contribution in [0.1, 0.15) is 62.2 Å². The van der Waals surface area contributed by atoms with E-state index in [9.17, 15) is 18.0 Å². The number of sulfonamides is 1. The molecule has 0 atom stereocenters. The standard InChI is InChI=1S/C21H31N3O5S/c1-2-29-20(25)16-7-6-10-19(15-16)30(27,28)24-13-11-18(12-14-24)23-21(26)22-17-8-4-3-5-9-17/h6-7,10,15,17-18H,2-5,8-9,11-14H2,1H3,(H2,22,23,26). The van der Waals surface area contributed by atoms with Crippen LogP contribution in [-0.2, 0) is 14.8 Å². The molecule has 2 amide bonds. The highest BCUT2D eigenvalue weighted by Gasteiger charge is 2.30. The van der Waals surface area contributed by atoms with Crippen molar-refractivity contribution in [1.29, 1.82) is 0 Å². The first-order chi connectivity index (χ1) is 14.4. The summed E-state index contributed by atoms with van der Waals surface area (Å²) in [6.07, 6.45) is 6.68. The molecule has 0 aromatic heterocycles. The summed E-state index contributed by atoms with van der Waals surface area (Å²) in [5, 5.41) is 6.02. The molecular formula is C21H31N3O5S. The highest BCUT2D eigenvalue weighted by atomic mass is 32.2. The molecule has 0 radical (unpaired) electrons. The maximum absolute atomic E-state index is 13.0. The topological polar surface area (TPSA) is 105 Å². The summed E-state index contributed by atoms with van der Waals surface area (Å²) < 4.78 is 32.3. The Kier molecular flexibility index (Phi) is 7.71. The number of nitrogens with one attached hydrogen (secondary N) is 2. The second kappa shape index (κ2) is 10.3. The van der Waals surface area contributed by atoms with Gasteiger partial charge in [-0.2, -0.15) is 4.31 Å². The fraction of sp³-hybridized carbons (Fsp3) is 0.619. The van der Waals surface area contributed by atoms with Gasteiger partial charge in [0.05, 0.1) is 17.1 Å². The molecule has 1 aromatic carbocycles. The zero-order valence-electron chi connectivity index (χ0n) is 17.4. The lowest BCUT2D eigenvalue weighted by atomic mass is 9.96. The highest BCUT2D eigenvalue weighted by molar-refractivity contribution is 7.89. The summed E-state index contributed by atoms with van der Waals surface area (Å²) in [7, 11) is -3.71. The van der Waals surface area contributed by atoms with E-state index in [1.165, 1.54) is 28.9 Å². The Bertz CT molecular complexity index is 844. The average molecular weight is 438 g/mol. The lowest BCUT2D eigenvalue weighted by Crippen LogP contribution is -2.51. The second-order valence-corrected chi connectivity index (χ2v) is 9.82. The van der Waals surface area contributed by atoms with E-state index in [0.29, 0.717) is 25.9 Å². The maximum Gasteiger partial charge on any atom is 0.338 e. The molecule has 1 aromatic rings. The van der Waals surface area contributed by atoms with E-state index in [-0.39, 0.29) is 35.2 Å². The second-order valence-electron chi connectivity index (χ2n) is 7.88. The average Bonchev–Trinajstić information content (AvgIpc) is 2.75. The molecule has 1 saturated heterocycles. The molecule has 1 heterocycles. The minimum Gasteiger partial charge on any atom is -0.462 e. The summed E-state index contributed by atoms with van der Waals surface area (Å²) in [6, 6.07) is 5.96. The predicted octanol–water partition coefficient (Wildman–Crippen LogP) is 2.65. The Balaban J connectivity index is 1.54. The van der Waals surface area contributed by atoms with Crippen LogP contribution in [0.25, 0.3) is 0 Å². The zero-order valence-corrected chi connectivity index (χ0v) is 18.2. The lowest BCUT2D eigenvalue weighted by Gasteiger charge is -2.32. The molecule has 3 rings (SSSR count). The number of rotatable bonds is 6. The number of benzene rings is 1. The number of piperidine rings is 1. The fourth-order valence-electron chi connectivity index (χ4n) is 4.05. The van der Waals surface area contributed by atoms with Crippen molar-refractivity contribution in [3.05, 3.63) is 29.8 Å². The van der Waals surface area contributed by atoms with Crippen molar-refractivity contribution < 1.29 is 22.7 Å². The monoisotopic (exact) mass is 437 g/mol. The van der Waals surface area contributed by atoms with Gasteiger partial charge in [-0.1, -0.05) is 25.3 Å². The summed E-state index contributed by atoms with van der Waals surface area (Å²) >= 11 is 0. The molecule has 30 heavy (non-hydrogen) atoms. The van der Waals surface area contributed by atoms with E-state index < -0.39 is 16.0 Å². The summed E-state index contributed by atoms with van der Waals surface area (Å²) in [4.78, 5) is 24.2. The molecule has 9 heteroatoms. The molecule has 2 aliphatic rings. The van der Waals surface area contributed by atoms with Crippen LogP contribution >= 0.6 is 0 Å². The van der Waals surface area contributed by atoms with Gasteiger partial charge in [-0.15, -0.1) is 0 Å². The SMILES string of the molecule is CCOC(=O)c1cccc(S(=O)(=O)N2CCC(NC(=O)NC3CCCCC3)CC2)c1. The smallest absolute Gasteiger partial charge is 0.338 e. The van der Waals surface area contributed by atoms with Crippen LogP contribution in [0.5, 0.6) is 0 Å². The van der Waals surface area contributed by atoms with Crippen LogP contribution in [0.15, 0.2) is 29.2 Å². The number of ether oxygens (including phenoxy) is 1. The van der Waals surface area contributed by atoms with Crippen LogP contribution < -0.4 is 10.6 Å². The van der Waals surface area contributed by atoms with E-state index in [1.54, 1.807) is 13.0 Å². The van der Waals surface area contributed by atoms with Gasteiger partial charge in [-0.25, -0.2) is 18.0 Å². The van der Waals surface area contributed by atoms with Gasteiger partial charge in [-0.3, -0.25) is 0 Å². The Morgan fingerprint density at radius 1 is 1.03 bits per heavy atom. The summed E-state index contributed by atoms with van der Waals surface area (Å²) in [5.41, 5.74) is 0.217. The lowest BCUT2D eigenvalue weighted by molar-refractivity contribution is 0.0526. The van der Waals surface area contributed by atoms with Gasteiger partial charge >= 0.3 is 12.0 Å². The predicted molar refractivity (Wildman–Crippen MR) is 113 cm³/mol. The zero-order chi connectivity index (χ0) is 21.6. The van der Waals surface area contributed by atoms with Crippen molar-refractivity contribution in [2.75, 3.05) is 19.7 Å². The molecule has 2 N–H and O–H groups in total. The summed E-state index contributed by atoms with van der Waals surface area (Å²) in [5.74, 6) is -0.540. The summed E-state index contributed by atoms with van der Waals surface area (Å²) in [6.45, 7) is 2.57. The van der Waals surface area contributed by atoms with Gasteiger partial charge in [0.2, 0.25) is 10.0 Å². The molecule has 2 fully saturated rings. The van der Waals surface area contributed by atoms with Crippen LogP contribution in [-0.4, -0.2) is 56.5 Å². The number of nitrogens with zero attached hydrogens (tertiary/aromatic N) is 1. The molecule has 0 spiro atoms. The Morgan fingerprint density at radius 3 is 2.30 bits per heavy atom. The van der Waals surface area contributed by atoms with E-state index in [4.69, 9.17) is 4.74 Å². The number of hydrogen-bond donors (Lipinski definition) is 2. The molecule has 1 saturated carbocycles. The fourth-order valence-corrected chi connectivity index (χ4v) is 5.56. The first-order valence-corrected chi connectivity index (χ1v) is 12.2. The van der Waals surface area contributed by atoms with Crippen LogP contribution in [0, 0.1) is 0 Å². The number of carbonyl (C=O) groups excluding carboxylic acids is 2. The van der Waals surface area contributed by atoms with E-state index in [2.05, 4.69) is 10.6 Å². The van der Waals surface area contributed by atoms with E-state index >= 15 is 0 Å². The molecule has 1 aliphatic heterocycles. The van der Waals surface area contributed by atoms with E-state index in [1.807, 2.05) is 0 Å². The van der Waals surface area contributed by atoms with Gasteiger partial charge in [-0.05, 0) is 50.8 Å². The Morgan fingerprint density at radius 2 is 1.67 bits per heavy atom. The quantitative estimate of drug-likeness (QED) is 0.666. The van der Waals surface area contributed by atoms with Crippen molar-refractivity contribution in [2.45, 2.75) is 68.8 Å². The normalized spacial score (nSPS) is 19.2. The Hall–Kier alpha value is -2.13. The number of hydrogen-bond acceptors (Lipinski definition) is 5. The largest absolute Gasteiger partial charge is 0.462 e. The molecule has 1 aliphatic carbocycles. The molecule has 0 bridgehead atoms. The van der Waals surface area contributed by atoms with Crippen LogP contribution in [0.2, 0.25) is 0 Å². The molecule has 0 unspecified atom stereocenters. The molecular weight excluding hydrogens is 406 g/mol. The van der Waals surface area contributed by atoms with Gasteiger partial charge in [0.15, 0.2) is 0 Å². The van der Waals surface area contributed by atoms with E-state index in [0.717, 1.165) is 25.7 Å². The van der Waals surface area contributed by atoms with Gasteiger partial charge in [0.25, 0.3) is 0 Å². The third kappa shape index (κ3) is 5.72. The minimum absolute atomic E-state index is 0.0501. The number of esters is 1. The van der Waals surface area contributed by atoms with Crippen molar-refractivity contribution in [3.8, 4) is 0 Å². The van der Waals surface area contributed by atoms with Crippen molar-refractivity contribution in [2.24, 2.45) is 0 Å². The molecule has 166 valence electrons. The third-order valence-electron chi connectivity index (χ3n) is 5.71. The number of carbonyl (C=O) groups is 2. The van der Waals surface area contributed by atoms with Crippen molar-refractivity contribution in [1.82, 2.24) is 14.9 Å². The number of urea groups is 1. The maximum atomic E-state index is 13.0. The van der Waals surface area contributed by atoms with Crippen LogP contribution in [0.4, 0.5) is 4.79 Å². The first kappa shape index (κ1) is 22.6.